The van der Waals surface area contributed by atoms with E-state index in [2.05, 4.69) is 5.32 Å². The standard InChI is InChI=1S/C17H12F2N2O5/c18-12-4-1-11(2-5-12)3-8-17(23)26-10-16(22)20-13-6-7-14(19)15(9-13)21(24)25/h1-9H,10H2,(H,20,22)/b8-3+. The lowest BCUT2D eigenvalue weighted by atomic mass is 10.2. The van der Waals surface area contributed by atoms with E-state index >= 15 is 0 Å². The van der Waals surface area contributed by atoms with Gasteiger partial charge in [-0.2, -0.15) is 4.39 Å². The number of esters is 1. The van der Waals surface area contributed by atoms with Gasteiger partial charge < -0.3 is 10.1 Å². The molecule has 1 N–H and O–H groups in total. The third-order valence-electron chi connectivity index (χ3n) is 3.05. The number of nitrogens with zero attached hydrogens (tertiary/aromatic N) is 1. The first-order valence-corrected chi connectivity index (χ1v) is 7.19. The molecule has 134 valence electrons. The minimum absolute atomic E-state index is 0.0130. The van der Waals surface area contributed by atoms with Crippen LogP contribution in [0.15, 0.2) is 48.5 Å². The van der Waals surface area contributed by atoms with Crippen molar-refractivity contribution < 1.29 is 28.0 Å². The highest BCUT2D eigenvalue weighted by atomic mass is 19.1. The fourth-order valence-corrected chi connectivity index (χ4v) is 1.85. The van der Waals surface area contributed by atoms with Crippen molar-refractivity contribution in [1.29, 1.82) is 0 Å². The molecule has 0 aliphatic heterocycles. The minimum atomic E-state index is -1.04. The summed E-state index contributed by atoms with van der Waals surface area (Å²) in [4.78, 5) is 32.9. The Hall–Kier alpha value is -3.62. The lowest BCUT2D eigenvalue weighted by Gasteiger charge is -2.05. The molecule has 0 fully saturated rings. The number of nitrogens with one attached hydrogen (secondary N) is 1. The van der Waals surface area contributed by atoms with E-state index in [4.69, 9.17) is 4.74 Å². The fourth-order valence-electron chi connectivity index (χ4n) is 1.85. The van der Waals surface area contributed by atoms with Crippen molar-refractivity contribution >= 4 is 29.3 Å². The monoisotopic (exact) mass is 362 g/mol. The van der Waals surface area contributed by atoms with Crippen molar-refractivity contribution in [1.82, 2.24) is 0 Å². The van der Waals surface area contributed by atoms with Crippen LogP contribution in [0.25, 0.3) is 6.08 Å². The molecule has 0 aliphatic rings. The van der Waals surface area contributed by atoms with E-state index in [1.54, 1.807) is 0 Å². The van der Waals surface area contributed by atoms with Crippen LogP contribution in [0.4, 0.5) is 20.2 Å². The molecule has 0 unspecified atom stereocenters. The summed E-state index contributed by atoms with van der Waals surface area (Å²) in [6, 6.07) is 8.17. The number of amides is 1. The smallest absolute Gasteiger partial charge is 0.331 e. The molecular weight excluding hydrogens is 350 g/mol. The zero-order chi connectivity index (χ0) is 19.1. The Balaban J connectivity index is 1.86. The predicted molar refractivity (Wildman–Crippen MR) is 88.1 cm³/mol. The summed E-state index contributed by atoms with van der Waals surface area (Å²) >= 11 is 0. The number of anilines is 1. The number of hydrogen-bond donors (Lipinski definition) is 1. The topological polar surface area (TPSA) is 98.5 Å². The van der Waals surface area contributed by atoms with Gasteiger partial charge in [0.25, 0.3) is 5.91 Å². The summed E-state index contributed by atoms with van der Waals surface area (Å²) in [5, 5.41) is 12.9. The van der Waals surface area contributed by atoms with Gasteiger partial charge in [-0.1, -0.05) is 12.1 Å². The first-order chi connectivity index (χ1) is 12.3. The fraction of sp³-hybridized carbons (Fsp3) is 0.0588. The number of nitro groups is 1. The number of carbonyl (C=O) groups excluding carboxylic acids is 2. The number of carbonyl (C=O) groups is 2. The van der Waals surface area contributed by atoms with E-state index < -0.39 is 40.7 Å². The third kappa shape index (κ3) is 5.48. The Morgan fingerprint density at radius 2 is 1.85 bits per heavy atom. The van der Waals surface area contributed by atoms with Crippen LogP contribution in [-0.2, 0) is 14.3 Å². The second-order valence-corrected chi connectivity index (χ2v) is 4.96. The average molecular weight is 362 g/mol. The normalized spacial score (nSPS) is 10.5. The lowest BCUT2D eigenvalue weighted by molar-refractivity contribution is -0.387. The van der Waals surface area contributed by atoms with Gasteiger partial charge in [-0.3, -0.25) is 14.9 Å². The van der Waals surface area contributed by atoms with E-state index in [-0.39, 0.29) is 5.69 Å². The van der Waals surface area contributed by atoms with Crippen molar-refractivity contribution in [2.24, 2.45) is 0 Å². The molecule has 1 amide bonds. The molecule has 0 bridgehead atoms. The Labute approximate surface area is 146 Å². The SMILES string of the molecule is O=C(COC(=O)/C=C/c1ccc(F)cc1)Nc1ccc(F)c([N+](=O)[O-])c1. The number of rotatable bonds is 6. The summed E-state index contributed by atoms with van der Waals surface area (Å²) in [5.41, 5.74) is -0.241. The Kier molecular flexibility index (Phi) is 6.10. The van der Waals surface area contributed by atoms with Crippen molar-refractivity contribution in [3.05, 3.63) is 75.9 Å². The van der Waals surface area contributed by atoms with E-state index in [0.717, 1.165) is 24.3 Å². The molecule has 0 radical (unpaired) electrons. The largest absolute Gasteiger partial charge is 0.452 e. The number of ether oxygens (including phenoxy) is 1. The summed E-state index contributed by atoms with van der Waals surface area (Å²) in [5.74, 6) is -3.02. The number of benzene rings is 2. The van der Waals surface area contributed by atoms with Gasteiger partial charge in [-0.15, -0.1) is 0 Å². The zero-order valence-electron chi connectivity index (χ0n) is 13.1. The molecule has 0 aromatic heterocycles. The van der Waals surface area contributed by atoms with E-state index in [0.29, 0.717) is 5.56 Å². The van der Waals surface area contributed by atoms with Crippen LogP contribution in [0.2, 0.25) is 0 Å². The Morgan fingerprint density at radius 3 is 2.50 bits per heavy atom. The molecule has 7 nitrogen and oxygen atoms in total. The van der Waals surface area contributed by atoms with Crippen molar-refractivity contribution in [3.8, 4) is 0 Å². The number of nitro benzene ring substituents is 1. The van der Waals surface area contributed by atoms with E-state index in [9.17, 15) is 28.5 Å². The minimum Gasteiger partial charge on any atom is -0.452 e. The first kappa shape index (κ1) is 18.7. The van der Waals surface area contributed by atoms with E-state index in [1.165, 1.54) is 30.3 Å². The van der Waals surface area contributed by atoms with Crippen LogP contribution in [0, 0.1) is 21.7 Å². The highest BCUT2D eigenvalue weighted by Crippen LogP contribution is 2.21. The molecule has 0 aliphatic carbocycles. The molecule has 0 spiro atoms. The molecule has 2 aromatic rings. The Bertz CT molecular complexity index is 866. The highest BCUT2D eigenvalue weighted by molar-refractivity contribution is 5.94. The van der Waals surface area contributed by atoms with Gasteiger partial charge in [-0.05, 0) is 35.9 Å². The van der Waals surface area contributed by atoms with Crippen LogP contribution in [0.1, 0.15) is 5.56 Å². The molecule has 0 saturated heterocycles. The van der Waals surface area contributed by atoms with Gasteiger partial charge in [0, 0.05) is 17.8 Å². The summed E-state index contributed by atoms with van der Waals surface area (Å²) < 4.78 is 30.7. The summed E-state index contributed by atoms with van der Waals surface area (Å²) in [6.45, 7) is -0.641. The van der Waals surface area contributed by atoms with Crippen molar-refractivity contribution in [3.63, 3.8) is 0 Å². The second kappa shape index (κ2) is 8.47. The molecule has 26 heavy (non-hydrogen) atoms. The van der Waals surface area contributed by atoms with Gasteiger partial charge >= 0.3 is 11.7 Å². The molecule has 2 rings (SSSR count). The molecule has 0 atom stereocenters. The number of halogens is 2. The van der Waals surface area contributed by atoms with E-state index in [1.807, 2.05) is 0 Å². The van der Waals surface area contributed by atoms with Crippen molar-refractivity contribution in [2.45, 2.75) is 0 Å². The Morgan fingerprint density at radius 1 is 1.15 bits per heavy atom. The van der Waals surface area contributed by atoms with Crippen LogP contribution in [0.3, 0.4) is 0 Å². The average Bonchev–Trinajstić information content (AvgIpc) is 2.61. The molecule has 9 heteroatoms. The van der Waals surface area contributed by atoms with Crippen LogP contribution >= 0.6 is 0 Å². The van der Waals surface area contributed by atoms with Gasteiger partial charge in [-0.25, -0.2) is 9.18 Å². The van der Waals surface area contributed by atoms with Crippen LogP contribution in [-0.4, -0.2) is 23.4 Å². The summed E-state index contributed by atoms with van der Waals surface area (Å²) in [6.07, 6.45) is 2.44. The maximum atomic E-state index is 13.2. The highest BCUT2D eigenvalue weighted by Gasteiger charge is 2.15. The molecule has 0 saturated carbocycles. The van der Waals surface area contributed by atoms with Crippen molar-refractivity contribution in [2.75, 3.05) is 11.9 Å². The second-order valence-electron chi connectivity index (χ2n) is 4.96. The van der Waals surface area contributed by atoms with Crippen LogP contribution in [0.5, 0.6) is 0 Å². The van der Waals surface area contributed by atoms with Gasteiger partial charge in [0.05, 0.1) is 4.92 Å². The van der Waals surface area contributed by atoms with Gasteiger partial charge in [0.1, 0.15) is 5.82 Å². The third-order valence-corrected chi connectivity index (χ3v) is 3.05. The molecule has 0 heterocycles. The van der Waals surface area contributed by atoms with Crippen LogP contribution < -0.4 is 5.32 Å². The molecule has 2 aromatic carbocycles. The zero-order valence-corrected chi connectivity index (χ0v) is 13.1. The van der Waals surface area contributed by atoms with Gasteiger partial charge in [0.2, 0.25) is 5.82 Å². The predicted octanol–water partition coefficient (Wildman–Crippen LogP) is 3.07. The first-order valence-electron chi connectivity index (χ1n) is 7.19. The maximum absolute atomic E-state index is 13.2. The lowest BCUT2D eigenvalue weighted by Crippen LogP contribution is -2.20. The van der Waals surface area contributed by atoms with Gasteiger partial charge in [0.15, 0.2) is 6.61 Å². The quantitative estimate of drug-likeness (QED) is 0.369. The molecular formula is C17H12F2N2O5. The number of hydrogen-bond acceptors (Lipinski definition) is 5. The maximum Gasteiger partial charge on any atom is 0.331 e. The summed E-state index contributed by atoms with van der Waals surface area (Å²) in [7, 11) is 0.